The van der Waals surface area contributed by atoms with Crippen molar-refractivity contribution in [3.8, 4) is 5.75 Å². The normalized spacial score (nSPS) is 9.82. The van der Waals surface area contributed by atoms with E-state index >= 15 is 0 Å². The summed E-state index contributed by atoms with van der Waals surface area (Å²) < 4.78 is 5.06. The molecular formula is C12H16N2O3. The van der Waals surface area contributed by atoms with Gasteiger partial charge in [0.15, 0.2) is 5.78 Å². The van der Waals surface area contributed by atoms with Crippen LogP contribution in [-0.4, -0.2) is 32.4 Å². The summed E-state index contributed by atoms with van der Waals surface area (Å²) in [7, 11) is 3.22. The molecule has 1 rings (SSSR count). The van der Waals surface area contributed by atoms with E-state index in [0.717, 1.165) is 0 Å². The first-order valence-electron chi connectivity index (χ1n) is 5.22. The second kappa shape index (κ2) is 6.00. The maximum absolute atomic E-state index is 11.8. The van der Waals surface area contributed by atoms with Crippen molar-refractivity contribution in [3.63, 3.8) is 0 Å². The van der Waals surface area contributed by atoms with Crippen LogP contribution in [0.4, 0.5) is 5.69 Å². The molecule has 1 aromatic rings. The van der Waals surface area contributed by atoms with Gasteiger partial charge in [-0.3, -0.25) is 9.59 Å². The number of methoxy groups -OCH3 is 1. The van der Waals surface area contributed by atoms with Crippen LogP contribution in [0.25, 0.3) is 0 Å². The predicted molar refractivity (Wildman–Crippen MR) is 65.6 cm³/mol. The number of hydrogen-bond acceptors (Lipinski definition) is 4. The number of nitrogens with one attached hydrogen (secondary N) is 2. The fourth-order valence-electron chi connectivity index (χ4n) is 1.44. The quantitative estimate of drug-likeness (QED) is 0.750. The lowest BCUT2D eigenvalue weighted by Gasteiger charge is -2.10. The number of carbonyl (C=O) groups is 2. The van der Waals surface area contributed by atoms with Gasteiger partial charge in [-0.2, -0.15) is 0 Å². The van der Waals surface area contributed by atoms with Crippen LogP contribution in [0.3, 0.4) is 0 Å². The Morgan fingerprint density at radius 1 is 1.35 bits per heavy atom. The largest absolute Gasteiger partial charge is 0.497 e. The molecule has 1 amide bonds. The van der Waals surface area contributed by atoms with Gasteiger partial charge in [0.2, 0.25) is 5.91 Å². The highest BCUT2D eigenvalue weighted by Crippen LogP contribution is 2.22. The summed E-state index contributed by atoms with van der Waals surface area (Å²) in [5.74, 6) is 0.266. The molecule has 5 nitrogen and oxygen atoms in total. The van der Waals surface area contributed by atoms with Gasteiger partial charge < -0.3 is 15.4 Å². The Morgan fingerprint density at radius 2 is 2.06 bits per heavy atom. The van der Waals surface area contributed by atoms with Crippen LogP contribution in [0.2, 0.25) is 0 Å². The number of ketones is 1. The first-order valence-corrected chi connectivity index (χ1v) is 5.22. The van der Waals surface area contributed by atoms with Gasteiger partial charge >= 0.3 is 0 Å². The zero-order valence-electron chi connectivity index (χ0n) is 10.2. The van der Waals surface area contributed by atoms with E-state index in [-0.39, 0.29) is 18.2 Å². The van der Waals surface area contributed by atoms with Crippen LogP contribution in [-0.2, 0) is 4.79 Å². The van der Waals surface area contributed by atoms with Gasteiger partial charge in [0.25, 0.3) is 0 Å². The van der Waals surface area contributed by atoms with E-state index in [1.165, 1.54) is 14.0 Å². The second-order valence-electron chi connectivity index (χ2n) is 3.55. The number of benzene rings is 1. The van der Waals surface area contributed by atoms with Gasteiger partial charge in [-0.05, 0) is 25.2 Å². The summed E-state index contributed by atoms with van der Waals surface area (Å²) in [5, 5.41) is 5.40. The number of anilines is 1. The fourth-order valence-corrected chi connectivity index (χ4v) is 1.44. The van der Waals surface area contributed by atoms with Gasteiger partial charge in [-0.25, -0.2) is 0 Å². The van der Waals surface area contributed by atoms with Crippen LogP contribution >= 0.6 is 0 Å². The standard InChI is InChI=1S/C12H16N2O3/c1-8(15)14-11-5-4-9(17-3)6-10(11)12(16)7-13-2/h4-6,13H,7H2,1-3H3,(H,14,15). The van der Waals surface area contributed by atoms with Gasteiger partial charge in [0.1, 0.15) is 5.75 Å². The minimum absolute atomic E-state index is 0.102. The molecule has 0 fully saturated rings. The van der Waals surface area contributed by atoms with Crippen molar-refractivity contribution in [2.75, 3.05) is 26.0 Å². The van der Waals surface area contributed by atoms with E-state index in [9.17, 15) is 9.59 Å². The van der Waals surface area contributed by atoms with Crippen LogP contribution < -0.4 is 15.4 Å². The van der Waals surface area contributed by atoms with Crippen molar-refractivity contribution in [3.05, 3.63) is 23.8 Å². The monoisotopic (exact) mass is 236 g/mol. The number of carbonyl (C=O) groups excluding carboxylic acids is 2. The lowest BCUT2D eigenvalue weighted by atomic mass is 10.1. The topological polar surface area (TPSA) is 67.4 Å². The fraction of sp³-hybridized carbons (Fsp3) is 0.333. The summed E-state index contributed by atoms with van der Waals surface area (Å²) in [5.41, 5.74) is 0.937. The lowest BCUT2D eigenvalue weighted by Crippen LogP contribution is -2.20. The van der Waals surface area contributed by atoms with Crippen molar-refractivity contribution in [2.45, 2.75) is 6.92 Å². The molecule has 1 aromatic carbocycles. The van der Waals surface area contributed by atoms with Crippen molar-refractivity contribution in [2.24, 2.45) is 0 Å². The molecule has 0 saturated carbocycles. The summed E-state index contributed by atoms with van der Waals surface area (Å²) in [6, 6.07) is 4.97. The average Bonchev–Trinajstić information content (AvgIpc) is 2.29. The molecule has 0 saturated heterocycles. The average molecular weight is 236 g/mol. The Balaban J connectivity index is 3.10. The van der Waals surface area contributed by atoms with Gasteiger partial charge in [0, 0.05) is 12.5 Å². The first-order chi connectivity index (χ1) is 8.08. The van der Waals surface area contributed by atoms with Gasteiger partial charge in [0.05, 0.1) is 19.3 Å². The molecule has 2 N–H and O–H groups in total. The Morgan fingerprint density at radius 3 is 2.59 bits per heavy atom. The third-order valence-corrected chi connectivity index (χ3v) is 2.18. The van der Waals surface area contributed by atoms with Crippen molar-refractivity contribution in [1.29, 1.82) is 0 Å². The second-order valence-corrected chi connectivity index (χ2v) is 3.55. The molecule has 0 aromatic heterocycles. The lowest BCUT2D eigenvalue weighted by molar-refractivity contribution is -0.114. The maximum Gasteiger partial charge on any atom is 0.221 e. The zero-order chi connectivity index (χ0) is 12.8. The Kier molecular flexibility index (Phi) is 4.66. The summed E-state index contributed by atoms with van der Waals surface area (Å²) >= 11 is 0. The Bertz CT molecular complexity index is 430. The molecule has 0 heterocycles. The number of Topliss-reactive ketones (excluding diaryl/α,β-unsaturated/α-hetero) is 1. The molecule has 0 aliphatic carbocycles. The molecule has 0 radical (unpaired) electrons. The highest BCUT2D eigenvalue weighted by Gasteiger charge is 2.12. The minimum atomic E-state index is -0.214. The van der Waals surface area contributed by atoms with Crippen molar-refractivity contribution < 1.29 is 14.3 Å². The Labute approximate surface area is 100 Å². The smallest absolute Gasteiger partial charge is 0.221 e. The molecule has 92 valence electrons. The summed E-state index contributed by atoms with van der Waals surface area (Å²) in [6.07, 6.45) is 0. The maximum atomic E-state index is 11.8. The number of ether oxygens (including phenoxy) is 1. The minimum Gasteiger partial charge on any atom is -0.497 e. The van der Waals surface area contributed by atoms with Crippen LogP contribution in [0.5, 0.6) is 5.75 Å². The number of amides is 1. The number of likely N-dealkylation sites (N-methyl/N-ethyl adjacent to an activating group) is 1. The highest BCUT2D eigenvalue weighted by molar-refractivity contribution is 6.05. The van der Waals surface area contributed by atoms with Crippen LogP contribution in [0, 0.1) is 0 Å². The SMILES string of the molecule is CNCC(=O)c1cc(OC)ccc1NC(C)=O. The molecule has 5 heteroatoms. The summed E-state index contributed by atoms with van der Waals surface area (Å²) in [4.78, 5) is 22.9. The zero-order valence-corrected chi connectivity index (χ0v) is 10.2. The van der Waals surface area contributed by atoms with Crippen molar-refractivity contribution >= 4 is 17.4 Å². The molecular weight excluding hydrogens is 220 g/mol. The molecule has 0 bridgehead atoms. The Hall–Kier alpha value is -1.88. The van der Waals surface area contributed by atoms with E-state index in [0.29, 0.717) is 17.0 Å². The van der Waals surface area contributed by atoms with Crippen LogP contribution in [0.1, 0.15) is 17.3 Å². The molecule has 17 heavy (non-hydrogen) atoms. The van der Waals surface area contributed by atoms with Crippen molar-refractivity contribution in [1.82, 2.24) is 5.32 Å². The van der Waals surface area contributed by atoms with Gasteiger partial charge in [-0.15, -0.1) is 0 Å². The van der Waals surface area contributed by atoms with E-state index in [1.807, 2.05) is 0 Å². The predicted octanol–water partition coefficient (Wildman–Crippen LogP) is 1.06. The summed E-state index contributed by atoms with van der Waals surface area (Å²) in [6.45, 7) is 1.61. The number of rotatable bonds is 5. The van der Waals surface area contributed by atoms with E-state index in [4.69, 9.17) is 4.74 Å². The third kappa shape index (κ3) is 3.57. The molecule has 0 spiro atoms. The first kappa shape index (κ1) is 13.2. The molecule has 0 aliphatic heterocycles. The van der Waals surface area contributed by atoms with E-state index in [2.05, 4.69) is 10.6 Å². The van der Waals surface area contributed by atoms with Gasteiger partial charge in [-0.1, -0.05) is 0 Å². The highest BCUT2D eigenvalue weighted by atomic mass is 16.5. The number of hydrogen-bond donors (Lipinski definition) is 2. The van der Waals surface area contributed by atoms with E-state index < -0.39 is 0 Å². The van der Waals surface area contributed by atoms with Crippen LogP contribution in [0.15, 0.2) is 18.2 Å². The molecule has 0 aliphatic rings. The molecule has 0 atom stereocenters. The third-order valence-electron chi connectivity index (χ3n) is 2.18. The van der Waals surface area contributed by atoms with E-state index in [1.54, 1.807) is 25.2 Å². The molecule has 0 unspecified atom stereocenters.